The van der Waals surface area contributed by atoms with Gasteiger partial charge < -0.3 is 0 Å². The van der Waals surface area contributed by atoms with Gasteiger partial charge in [0.05, 0.1) is 0 Å². The van der Waals surface area contributed by atoms with E-state index in [0.29, 0.717) is 9.50 Å². The SMILES string of the molecule is C#CC(c1ccc(Cl)cc1)(c1ccc(Br)cc1)C(F)(F)F. The summed E-state index contributed by atoms with van der Waals surface area (Å²) in [5, 5.41) is 0.350. The number of halogens is 5. The Balaban J connectivity index is 2.73. The lowest BCUT2D eigenvalue weighted by Gasteiger charge is -2.32. The van der Waals surface area contributed by atoms with E-state index in [1.807, 2.05) is 5.92 Å². The van der Waals surface area contributed by atoms with Crippen LogP contribution >= 0.6 is 27.5 Å². The first kappa shape index (κ1) is 15.9. The largest absolute Gasteiger partial charge is 0.413 e. The summed E-state index contributed by atoms with van der Waals surface area (Å²) in [7, 11) is 0. The number of benzene rings is 2. The minimum absolute atomic E-state index is 0.0111. The quantitative estimate of drug-likeness (QED) is 0.603. The van der Waals surface area contributed by atoms with Crippen LogP contribution in [0.2, 0.25) is 5.02 Å². The second-order valence-corrected chi connectivity index (χ2v) is 5.76. The van der Waals surface area contributed by atoms with Crippen LogP contribution in [-0.4, -0.2) is 6.18 Å². The summed E-state index contributed by atoms with van der Waals surface area (Å²) in [4.78, 5) is 0. The molecule has 0 N–H and O–H groups in total. The first-order valence-electron chi connectivity index (χ1n) is 5.88. The highest BCUT2D eigenvalue weighted by Crippen LogP contribution is 2.46. The zero-order chi connectivity index (χ0) is 15.7. The summed E-state index contributed by atoms with van der Waals surface area (Å²) in [6.07, 6.45) is 0.684. The molecule has 0 nitrogen and oxygen atoms in total. The molecular formula is C16H9BrClF3. The van der Waals surface area contributed by atoms with Crippen LogP contribution in [0, 0.1) is 12.3 Å². The molecule has 2 aromatic rings. The molecule has 0 spiro atoms. The van der Waals surface area contributed by atoms with Gasteiger partial charge in [-0.1, -0.05) is 57.7 Å². The normalized spacial score (nSPS) is 14.3. The number of hydrogen-bond donors (Lipinski definition) is 0. The summed E-state index contributed by atoms with van der Waals surface area (Å²) in [5.74, 6) is 1.94. The van der Waals surface area contributed by atoms with Crippen LogP contribution in [0.25, 0.3) is 0 Å². The molecule has 0 saturated carbocycles. The fraction of sp³-hybridized carbons (Fsp3) is 0.125. The van der Waals surface area contributed by atoms with E-state index in [0.717, 1.165) is 0 Å². The van der Waals surface area contributed by atoms with E-state index in [4.69, 9.17) is 18.0 Å². The molecule has 2 rings (SSSR count). The topological polar surface area (TPSA) is 0 Å². The minimum Gasteiger partial charge on any atom is -0.169 e. The van der Waals surface area contributed by atoms with Gasteiger partial charge in [-0.2, -0.15) is 13.2 Å². The average Bonchev–Trinajstić information content (AvgIpc) is 2.42. The zero-order valence-corrected chi connectivity index (χ0v) is 12.9. The Morgan fingerprint density at radius 3 is 1.71 bits per heavy atom. The molecule has 0 aromatic heterocycles. The summed E-state index contributed by atoms with van der Waals surface area (Å²) in [5.41, 5.74) is -2.55. The Labute approximate surface area is 134 Å². The van der Waals surface area contributed by atoms with Crippen molar-refractivity contribution in [3.05, 3.63) is 69.2 Å². The molecule has 0 saturated heterocycles. The van der Waals surface area contributed by atoms with Crippen LogP contribution in [0.15, 0.2) is 53.0 Å². The molecule has 1 unspecified atom stereocenters. The van der Waals surface area contributed by atoms with Crippen molar-refractivity contribution in [3.63, 3.8) is 0 Å². The predicted octanol–water partition coefficient (Wildman–Crippen LogP) is 5.58. The van der Waals surface area contributed by atoms with Gasteiger partial charge in [0.1, 0.15) is 0 Å². The number of hydrogen-bond acceptors (Lipinski definition) is 0. The fourth-order valence-electron chi connectivity index (χ4n) is 2.14. The molecular weight excluding hydrogens is 365 g/mol. The number of rotatable bonds is 2. The Kier molecular flexibility index (Phi) is 4.36. The highest BCUT2D eigenvalue weighted by molar-refractivity contribution is 9.10. The molecule has 5 heteroatoms. The van der Waals surface area contributed by atoms with Gasteiger partial charge in [0.15, 0.2) is 5.41 Å². The lowest BCUT2D eigenvalue weighted by molar-refractivity contribution is -0.161. The predicted molar refractivity (Wildman–Crippen MR) is 81.3 cm³/mol. The van der Waals surface area contributed by atoms with Crippen LogP contribution < -0.4 is 0 Å². The van der Waals surface area contributed by atoms with Crippen LogP contribution in [0.4, 0.5) is 13.2 Å². The van der Waals surface area contributed by atoms with Crippen molar-refractivity contribution in [2.45, 2.75) is 11.6 Å². The van der Waals surface area contributed by atoms with Gasteiger partial charge >= 0.3 is 6.18 Å². The maximum Gasteiger partial charge on any atom is 0.413 e. The Morgan fingerprint density at radius 2 is 1.33 bits per heavy atom. The van der Waals surface area contributed by atoms with Crippen LogP contribution in [0.5, 0.6) is 0 Å². The second kappa shape index (κ2) is 5.75. The fourth-order valence-corrected chi connectivity index (χ4v) is 2.53. The van der Waals surface area contributed by atoms with Gasteiger partial charge in [-0.25, -0.2) is 0 Å². The highest BCUT2D eigenvalue weighted by atomic mass is 79.9. The molecule has 21 heavy (non-hydrogen) atoms. The van der Waals surface area contributed by atoms with E-state index in [2.05, 4.69) is 15.9 Å². The Bertz CT molecular complexity index is 621. The number of alkyl halides is 3. The first-order chi connectivity index (χ1) is 9.81. The molecule has 0 amide bonds. The smallest absolute Gasteiger partial charge is 0.169 e. The third-order valence-electron chi connectivity index (χ3n) is 3.20. The first-order valence-corrected chi connectivity index (χ1v) is 7.05. The van der Waals surface area contributed by atoms with Crippen molar-refractivity contribution >= 4 is 27.5 Å². The van der Waals surface area contributed by atoms with Crippen LogP contribution in [0.3, 0.4) is 0 Å². The van der Waals surface area contributed by atoms with Gasteiger partial charge in [0.25, 0.3) is 0 Å². The maximum absolute atomic E-state index is 13.8. The van der Waals surface area contributed by atoms with E-state index in [9.17, 15) is 13.2 Å². The van der Waals surface area contributed by atoms with Crippen molar-refractivity contribution in [3.8, 4) is 12.3 Å². The minimum atomic E-state index is -4.64. The van der Waals surface area contributed by atoms with Gasteiger partial charge in [-0.15, -0.1) is 6.42 Å². The molecule has 0 aliphatic carbocycles. The van der Waals surface area contributed by atoms with E-state index >= 15 is 0 Å². The summed E-state index contributed by atoms with van der Waals surface area (Å²) in [6, 6.07) is 11.2. The maximum atomic E-state index is 13.8. The third kappa shape index (κ3) is 2.81. The highest BCUT2D eigenvalue weighted by Gasteiger charge is 2.56. The molecule has 0 aliphatic rings. The summed E-state index contributed by atoms with van der Waals surface area (Å²) >= 11 is 8.95. The van der Waals surface area contributed by atoms with Crippen molar-refractivity contribution in [1.29, 1.82) is 0 Å². The van der Waals surface area contributed by atoms with Gasteiger partial charge in [-0.3, -0.25) is 0 Å². The molecule has 1 atom stereocenters. The molecule has 0 heterocycles. The third-order valence-corrected chi connectivity index (χ3v) is 3.98. The van der Waals surface area contributed by atoms with Crippen molar-refractivity contribution in [1.82, 2.24) is 0 Å². The molecule has 108 valence electrons. The van der Waals surface area contributed by atoms with Crippen molar-refractivity contribution in [2.75, 3.05) is 0 Å². The molecule has 2 aromatic carbocycles. The summed E-state index contributed by atoms with van der Waals surface area (Å²) in [6.45, 7) is 0. The monoisotopic (exact) mass is 372 g/mol. The molecule has 0 aliphatic heterocycles. The van der Waals surface area contributed by atoms with E-state index in [-0.39, 0.29) is 11.1 Å². The van der Waals surface area contributed by atoms with Gasteiger partial charge in [0, 0.05) is 9.50 Å². The lowest BCUT2D eigenvalue weighted by atomic mass is 9.74. The number of terminal acetylenes is 1. The van der Waals surface area contributed by atoms with Crippen LogP contribution in [-0.2, 0) is 5.41 Å². The van der Waals surface area contributed by atoms with Gasteiger partial charge in [-0.05, 0) is 35.4 Å². The van der Waals surface area contributed by atoms with Crippen molar-refractivity contribution in [2.24, 2.45) is 0 Å². The Morgan fingerprint density at radius 1 is 0.905 bits per heavy atom. The van der Waals surface area contributed by atoms with E-state index in [1.54, 1.807) is 0 Å². The Hall–Kier alpha value is -1.44. The van der Waals surface area contributed by atoms with E-state index < -0.39 is 11.6 Å². The van der Waals surface area contributed by atoms with Crippen LogP contribution in [0.1, 0.15) is 11.1 Å². The van der Waals surface area contributed by atoms with Gasteiger partial charge in [0.2, 0.25) is 0 Å². The lowest BCUT2D eigenvalue weighted by Crippen LogP contribution is -2.42. The van der Waals surface area contributed by atoms with Crippen molar-refractivity contribution < 1.29 is 13.2 Å². The molecule has 0 bridgehead atoms. The molecule has 0 radical (unpaired) electrons. The average molecular weight is 374 g/mol. The second-order valence-electron chi connectivity index (χ2n) is 4.41. The molecule has 0 fully saturated rings. The van der Waals surface area contributed by atoms with E-state index in [1.165, 1.54) is 48.5 Å². The summed E-state index contributed by atoms with van der Waals surface area (Å²) < 4.78 is 42.0. The standard InChI is InChI=1S/C16H9BrClF3/c1-2-15(16(19,20)21,11-3-7-13(17)8-4-11)12-5-9-14(18)10-6-12/h1,3-10H. The zero-order valence-electron chi connectivity index (χ0n) is 10.6.